The number of aryl methyl sites for hydroxylation is 2. The Hall–Kier alpha value is -2.04. The van der Waals surface area contributed by atoms with Crippen molar-refractivity contribution in [3.63, 3.8) is 0 Å². The van der Waals surface area contributed by atoms with Gasteiger partial charge in [-0.15, -0.1) is 0 Å². The van der Waals surface area contributed by atoms with E-state index in [1.54, 1.807) is 23.2 Å². The molecule has 0 aliphatic heterocycles. The van der Waals surface area contributed by atoms with Gasteiger partial charge in [0, 0.05) is 14.1 Å². The van der Waals surface area contributed by atoms with Crippen LogP contribution in [0.5, 0.6) is 0 Å². The summed E-state index contributed by atoms with van der Waals surface area (Å²) in [7, 11) is 3.45. The molecule has 1 aliphatic rings. The molecule has 0 unspecified atom stereocenters. The summed E-state index contributed by atoms with van der Waals surface area (Å²) >= 11 is 0. The summed E-state index contributed by atoms with van der Waals surface area (Å²) in [6.45, 7) is 0. The number of hydrogen-bond acceptors (Lipinski definition) is 2. The van der Waals surface area contributed by atoms with E-state index in [0.717, 1.165) is 29.4 Å². The maximum absolute atomic E-state index is 11.9. The fourth-order valence-electron chi connectivity index (χ4n) is 3.41. The van der Waals surface area contributed by atoms with Gasteiger partial charge in [0.1, 0.15) is 0 Å². The molecule has 1 heterocycles. The lowest BCUT2D eigenvalue weighted by Crippen LogP contribution is -2.32. The second-order valence-electron chi connectivity index (χ2n) is 5.70. The van der Waals surface area contributed by atoms with Gasteiger partial charge in [0.25, 0.3) is 0 Å². The summed E-state index contributed by atoms with van der Waals surface area (Å²) in [6, 6.07) is 5.59. The minimum atomic E-state index is -0.778. The number of carbonyl (C=O) groups is 1. The zero-order valence-electron chi connectivity index (χ0n) is 11.7. The molecular formula is C15H18N2O3. The molecule has 1 aliphatic carbocycles. The van der Waals surface area contributed by atoms with E-state index in [2.05, 4.69) is 0 Å². The summed E-state index contributed by atoms with van der Waals surface area (Å²) in [5.74, 6) is -0.754. The molecule has 106 valence electrons. The van der Waals surface area contributed by atoms with Crippen LogP contribution in [0.15, 0.2) is 23.0 Å². The van der Waals surface area contributed by atoms with Crippen LogP contribution in [0.4, 0.5) is 0 Å². The molecular weight excluding hydrogens is 256 g/mol. The third-order valence-electron chi connectivity index (χ3n) is 4.69. The fraction of sp³-hybridized carbons (Fsp3) is 0.467. The van der Waals surface area contributed by atoms with Crippen molar-refractivity contribution in [1.82, 2.24) is 9.13 Å². The van der Waals surface area contributed by atoms with E-state index < -0.39 is 11.4 Å². The summed E-state index contributed by atoms with van der Waals surface area (Å²) in [4.78, 5) is 23.7. The monoisotopic (exact) mass is 274 g/mol. The highest BCUT2D eigenvalue weighted by atomic mass is 16.4. The number of carboxylic acids is 1. The molecule has 1 fully saturated rings. The number of aliphatic carboxylic acids is 1. The van der Waals surface area contributed by atoms with Gasteiger partial charge in [-0.1, -0.05) is 18.9 Å². The first-order valence-corrected chi connectivity index (χ1v) is 6.87. The van der Waals surface area contributed by atoms with Gasteiger partial charge >= 0.3 is 11.7 Å². The highest BCUT2D eigenvalue weighted by molar-refractivity contribution is 5.85. The van der Waals surface area contributed by atoms with E-state index >= 15 is 0 Å². The summed E-state index contributed by atoms with van der Waals surface area (Å²) in [6.07, 6.45) is 3.24. The number of nitrogens with zero attached hydrogens (tertiary/aromatic N) is 2. The average molecular weight is 274 g/mol. The highest BCUT2D eigenvalue weighted by Crippen LogP contribution is 2.42. The largest absolute Gasteiger partial charge is 0.481 e. The van der Waals surface area contributed by atoms with Crippen molar-refractivity contribution in [3.05, 3.63) is 34.2 Å². The second kappa shape index (κ2) is 4.23. The van der Waals surface area contributed by atoms with Crippen molar-refractivity contribution in [3.8, 4) is 0 Å². The molecule has 0 saturated heterocycles. The Bertz CT molecular complexity index is 748. The number of carboxylic acid groups (broad SMARTS) is 1. The third kappa shape index (κ3) is 1.55. The van der Waals surface area contributed by atoms with E-state index in [1.165, 1.54) is 0 Å². The van der Waals surface area contributed by atoms with E-state index in [4.69, 9.17) is 0 Å². The molecule has 1 aromatic carbocycles. The van der Waals surface area contributed by atoms with Crippen LogP contribution in [0, 0.1) is 0 Å². The molecule has 2 aromatic rings. The molecule has 3 rings (SSSR count). The number of aromatic nitrogens is 2. The highest BCUT2D eigenvalue weighted by Gasteiger charge is 2.43. The van der Waals surface area contributed by atoms with E-state index in [9.17, 15) is 14.7 Å². The number of rotatable bonds is 2. The molecule has 0 spiro atoms. The van der Waals surface area contributed by atoms with Crippen molar-refractivity contribution in [1.29, 1.82) is 0 Å². The molecule has 1 saturated carbocycles. The van der Waals surface area contributed by atoms with Crippen molar-refractivity contribution < 1.29 is 9.90 Å². The van der Waals surface area contributed by atoms with Gasteiger partial charge in [0.05, 0.1) is 16.4 Å². The van der Waals surface area contributed by atoms with Crippen LogP contribution in [0.2, 0.25) is 0 Å². The predicted molar refractivity (Wildman–Crippen MR) is 75.9 cm³/mol. The topological polar surface area (TPSA) is 64.2 Å². The smallest absolute Gasteiger partial charge is 0.328 e. The number of imidazole rings is 1. The van der Waals surface area contributed by atoms with Gasteiger partial charge in [-0.3, -0.25) is 13.9 Å². The SMILES string of the molecule is Cn1c(=O)n(C)c2cc(C3(C(=O)O)CCCC3)ccc21. The number of hydrogen-bond donors (Lipinski definition) is 1. The van der Waals surface area contributed by atoms with Crippen molar-refractivity contribution in [2.75, 3.05) is 0 Å². The lowest BCUT2D eigenvalue weighted by molar-refractivity contribution is -0.143. The molecule has 0 amide bonds. The first-order valence-electron chi connectivity index (χ1n) is 6.87. The first-order chi connectivity index (χ1) is 9.47. The predicted octanol–water partition coefficient (Wildman–Crippen LogP) is 1.77. The molecule has 0 bridgehead atoms. The Balaban J connectivity index is 2.25. The molecule has 0 radical (unpaired) electrons. The van der Waals surface area contributed by atoms with Crippen molar-refractivity contribution >= 4 is 17.0 Å². The molecule has 5 heteroatoms. The fourth-order valence-corrected chi connectivity index (χ4v) is 3.41. The van der Waals surface area contributed by atoms with Gasteiger partial charge in [-0.05, 0) is 30.5 Å². The Morgan fingerprint density at radius 3 is 2.35 bits per heavy atom. The zero-order chi connectivity index (χ0) is 14.5. The van der Waals surface area contributed by atoms with Crippen LogP contribution < -0.4 is 5.69 Å². The van der Waals surface area contributed by atoms with Crippen molar-refractivity contribution in [2.45, 2.75) is 31.1 Å². The van der Waals surface area contributed by atoms with Crippen LogP contribution in [0.1, 0.15) is 31.2 Å². The lowest BCUT2D eigenvalue weighted by atomic mass is 9.79. The summed E-state index contributed by atoms with van der Waals surface area (Å²) < 4.78 is 3.16. The van der Waals surface area contributed by atoms with Crippen molar-refractivity contribution in [2.24, 2.45) is 14.1 Å². The first kappa shape index (κ1) is 13.0. The van der Waals surface area contributed by atoms with Crippen LogP contribution in [-0.2, 0) is 24.3 Å². The zero-order valence-corrected chi connectivity index (χ0v) is 11.7. The normalized spacial score (nSPS) is 17.7. The van der Waals surface area contributed by atoms with Gasteiger partial charge in [0.2, 0.25) is 0 Å². The molecule has 1 N–H and O–H groups in total. The molecule has 1 aromatic heterocycles. The minimum Gasteiger partial charge on any atom is -0.481 e. The standard InChI is InChI=1S/C15H18N2O3/c1-16-11-6-5-10(9-12(11)17(2)14(16)20)15(13(18)19)7-3-4-8-15/h5-6,9H,3-4,7-8H2,1-2H3,(H,18,19). The van der Waals surface area contributed by atoms with Crippen LogP contribution in [-0.4, -0.2) is 20.2 Å². The Labute approximate surface area is 116 Å². The van der Waals surface area contributed by atoms with Gasteiger partial charge in [-0.2, -0.15) is 0 Å². The minimum absolute atomic E-state index is 0.0899. The Kier molecular flexibility index (Phi) is 2.74. The maximum Gasteiger partial charge on any atom is 0.328 e. The van der Waals surface area contributed by atoms with Crippen LogP contribution in [0.3, 0.4) is 0 Å². The number of fused-ring (bicyclic) bond motifs is 1. The lowest BCUT2D eigenvalue weighted by Gasteiger charge is -2.24. The number of benzene rings is 1. The maximum atomic E-state index is 11.9. The van der Waals surface area contributed by atoms with Gasteiger partial charge in [0.15, 0.2) is 0 Å². The van der Waals surface area contributed by atoms with Crippen LogP contribution >= 0.6 is 0 Å². The van der Waals surface area contributed by atoms with Gasteiger partial charge < -0.3 is 5.11 Å². The third-order valence-corrected chi connectivity index (χ3v) is 4.69. The van der Waals surface area contributed by atoms with Crippen LogP contribution in [0.25, 0.3) is 11.0 Å². The average Bonchev–Trinajstić information content (AvgIpc) is 3.01. The Morgan fingerprint density at radius 2 is 1.75 bits per heavy atom. The summed E-state index contributed by atoms with van der Waals surface area (Å²) in [5, 5.41) is 9.64. The Morgan fingerprint density at radius 1 is 1.15 bits per heavy atom. The second-order valence-corrected chi connectivity index (χ2v) is 5.70. The van der Waals surface area contributed by atoms with E-state index in [0.29, 0.717) is 12.8 Å². The van der Waals surface area contributed by atoms with E-state index in [-0.39, 0.29) is 5.69 Å². The van der Waals surface area contributed by atoms with E-state index in [1.807, 2.05) is 18.2 Å². The molecule has 0 atom stereocenters. The van der Waals surface area contributed by atoms with Gasteiger partial charge in [-0.25, -0.2) is 4.79 Å². The molecule has 20 heavy (non-hydrogen) atoms. The summed E-state index contributed by atoms with van der Waals surface area (Å²) in [5.41, 5.74) is 1.58. The molecule has 5 nitrogen and oxygen atoms in total. The quantitative estimate of drug-likeness (QED) is 0.907.